The Morgan fingerprint density at radius 3 is 1.56 bits per heavy atom. The molecule has 0 bridgehead atoms. The molecule has 0 aliphatic rings. The second-order valence-electron chi connectivity index (χ2n) is 5.12. The molecule has 2 aromatic carbocycles. The van der Waals surface area contributed by atoms with Gasteiger partial charge in [0, 0.05) is 10.8 Å². The molecule has 0 radical (unpaired) electrons. The first kappa shape index (κ1) is 20.8. The van der Waals surface area contributed by atoms with E-state index in [0.29, 0.717) is 25.0 Å². The largest absolute Gasteiger partial charge is 1.00 e. The SMILES string of the molecule is CCOC(=[NH2+])c1ccc2c(c1)oc1cc(C(=[NH2+])OCC)ccc12.[Cl-].[Cl-]. The van der Waals surface area contributed by atoms with Crippen molar-refractivity contribution in [1.29, 1.82) is 0 Å². The zero-order valence-corrected chi connectivity index (χ0v) is 15.5. The van der Waals surface area contributed by atoms with Crippen molar-refractivity contribution in [1.82, 2.24) is 0 Å². The van der Waals surface area contributed by atoms with Gasteiger partial charge in [0.2, 0.25) is 0 Å². The minimum absolute atomic E-state index is 0. The monoisotopic (exact) mass is 382 g/mol. The third-order valence-electron chi connectivity index (χ3n) is 3.64. The van der Waals surface area contributed by atoms with E-state index in [-0.39, 0.29) is 24.8 Å². The van der Waals surface area contributed by atoms with Crippen LogP contribution in [0.4, 0.5) is 0 Å². The molecule has 0 atom stereocenters. The molecule has 4 N–H and O–H groups in total. The molecule has 1 heterocycles. The lowest BCUT2D eigenvalue weighted by Crippen LogP contribution is -3.00. The lowest BCUT2D eigenvalue weighted by molar-refractivity contribution is -0.138. The van der Waals surface area contributed by atoms with Crippen molar-refractivity contribution in [3.05, 3.63) is 47.5 Å². The highest BCUT2D eigenvalue weighted by atomic mass is 35.5. The van der Waals surface area contributed by atoms with Crippen LogP contribution in [0.3, 0.4) is 0 Å². The quantitative estimate of drug-likeness (QED) is 0.349. The Kier molecular flexibility index (Phi) is 7.27. The number of hydrogen-bond donors (Lipinski definition) is 2. The highest BCUT2D eigenvalue weighted by Crippen LogP contribution is 2.30. The average Bonchev–Trinajstić information content (AvgIpc) is 2.91. The van der Waals surface area contributed by atoms with Crippen molar-refractivity contribution >= 4 is 33.7 Å². The minimum atomic E-state index is 0. The van der Waals surface area contributed by atoms with Crippen molar-refractivity contribution in [2.45, 2.75) is 13.8 Å². The first-order valence-electron chi connectivity index (χ1n) is 7.61. The molecule has 0 spiro atoms. The fourth-order valence-corrected chi connectivity index (χ4v) is 2.56. The van der Waals surface area contributed by atoms with Gasteiger partial charge in [-0.2, -0.15) is 0 Å². The van der Waals surface area contributed by atoms with E-state index in [0.717, 1.165) is 33.1 Å². The zero-order chi connectivity index (χ0) is 16.4. The Labute approximate surface area is 158 Å². The third kappa shape index (κ3) is 4.06. The van der Waals surface area contributed by atoms with Crippen LogP contribution in [-0.2, 0) is 9.47 Å². The summed E-state index contributed by atoms with van der Waals surface area (Å²) in [5.74, 6) is 0.786. The Morgan fingerprint density at radius 2 is 1.20 bits per heavy atom. The molecule has 0 aliphatic heterocycles. The second kappa shape index (κ2) is 8.74. The maximum atomic E-state index is 5.94. The van der Waals surface area contributed by atoms with Crippen LogP contribution in [0.1, 0.15) is 25.0 Å². The van der Waals surface area contributed by atoms with Crippen LogP contribution in [0.5, 0.6) is 0 Å². The van der Waals surface area contributed by atoms with Crippen LogP contribution in [0.2, 0.25) is 0 Å². The molecule has 0 fully saturated rings. The number of furan rings is 1. The zero-order valence-electron chi connectivity index (χ0n) is 14.0. The molecule has 0 amide bonds. The minimum Gasteiger partial charge on any atom is -1.00 e. The summed E-state index contributed by atoms with van der Waals surface area (Å²) in [6.07, 6.45) is 0. The summed E-state index contributed by atoms with van der Waals surface area (Å²) in [5.41, 5.74) is 3.12. The number of nitrogens with two attached hydrogens (primary N) is 2. The molecule has 7 heteroatoms. The van der Waals surface area contributed by atoms with Crippen molar-refractivity contribution in [2.75, 3.05) is 13.2 Å². The molecule has 0 unspecified atom stereocenters. The molecule has 0 saturated carbocycles. The van der Waals surface area contributed by atoms with Gasteiger partial charge in [0.1, 0.15) is 11.2 Å². The molecule has 3 aromatic rings. The fourth-order valence-electron chi connectivity index (χ4n) is 2.56. The van der Waals surface area contributed by atoms with Crippen LogP contribution in [0, 0.1) is 0 Å². The second-order valence-corrected chi connectivity index (χ2v) is 5.12. The average molecular weight is 383 g/mol. The van der Waals surface area contributed by atoms with E-state index in [2.05, 4.69) is 0 Å². The highest BCUT2D eigenvalue weighted by molar-refractivity contribution is 6.08. The molecule has 25 heavy (non-hydrogen) atoms. The molecule has 134 valence electrons. The molecule has 3 rings (SSSR count). The first-order valence-corrected chi connectivity index (χ1v) is 7.61. The van der Waals surface area contributed by atoms with Crippen LogP contribution >= 0.6 is 0 Å². The van der Waals surface area contributed by atoms with Crippen molar-refractivity contribution in [3.63, 3.8) is 0 Å². The third-order valence-corrected chi connectivity index (χ3v) is 3.64. The fraction of sp³-hybridized carbons (Fsp3) is 0.222. The normalized spacial score (nSPS) is 10.0. The molecule has 0 saturated heterocycles. The van der Waals surface area contributed by atoms with Crippen molar-refractivity contribution in [2.24, 2.45) is 0 Å². The van der Waals surface area contributed by atoms with Gasteiger partial charge in [-0.25, -0.2) is 10.8 Å². The number of halogens is 2. The number of rotatable bonds is 4. The molecular weight excluding hydrogens is 363 g/mol. The Balaban J connectivity index is 0.00000156. The van der Waals surface area contributed by atoms with E-state index in [1.54, 1.807) is 0 Å². The lowest BCUT2D eigenvalue weighted by Gasteiger charge is -1.99. The van der Waals surface area contributed by atoms with Gasteiger partial charge in [0.25, 0.3) is 0 Å². The summed E-state index contributed by atoms with van der Waals surface area (Å²) in [5, 5.41) is 13.9. The molecule has 0 aliphatic carbocycles. The number of hydrogen-bond acceptors (Lipinski definition) is 3. The summed E-state index contributed by atoms with van der Waals surface area (Å²) in [6, 6.07) is 11.6. The predicted molar refractivity (Wildman–Crippen MR) is 89.0 cm³/mol. The van der Waals surface area contributed by atoms with Crippen LogP contribution in [0.15, 0.2) is 40.8 Å². The van der Waals surface area contributed by atoms with Crippen LogP contribution in [0.25, 0.3) is 21.9 Å². The van der Waals surface area contributed by atoms with Gasteiger partial charge in [-0.3, -0.25) is 0 Å². The lowest BCUT2D eigenvalue weighted by atomic mass is 10.1. The molecule has 5 nitrogen and oxygen atoms in total. The van der Waals surface area contributed by atoms with Crippen molar-refractivity contribution < 1.29 is 49.5 Å². The van der Waals surface area contributed by atoms with E-state index < -0.39 is 0 Å². The maximum Gasteiger partial charge on any atom is 0.366 e. The van der Waals surface area contributed by atoms with Gasteiger partial charge < -0.3 is 38.7 Å². The first-order chi connectivity index (χ1) is 11.1. The Bertz CT molecular complexity index is 834. The van der Waals surface area contributed by atoms with Crippen molar-refractivity contribution in [3.8, 4) is 0 Å². The van der Waals surface area contributed by atoms with E-state index >= 15 is 0 Å². The number of ether oxygens (including phenoxy) is 2. The summed E-state index contributed by atoms with van der Waals surface area (Å²) < 4.78 is 16.6. The van der Waals surface area contributed by atoms with Crippen LogP contribution in [-0.4, -0.2) is 25.0 Å². The smallest absolute Gasteiger partial charge is 0.366 e. The summed E-state index contributed by atoms with van der Waals surface area (Å²) >= 11 is 0. The standard InChI is InChI=1S/C18H18N2O3.2ClH/c1-3-21-17(19)11-5-7-13-14-8-6-12(18(20)22-4-2)10-16(14)23-15(13)9-11;;/h5-10,19-20H,3-4H2,1-2H3;2*1H. The predicted octanol–water partition coefficient (Wildman–Crippen LogP) is -5.32. The van der Waals surface area contributed by atoms with Gasteiger partial charge in [-0.15, -0.1) is 0 Å². The maximum absolute atomic E-state index is 5.94. The van der Waals surface area contributed by atoms with Crippen LogP contribution < -0.4 is 35.6 Å². The van der Waals surface area contributed by atoms with Gasteiger partial charge in [0.15, 0.2) is 0 Å². The summed E-state index contributed by atoms with van der Waals surface area (Å²) in [4.78, 5) is 0. The van der Waals surface area contributed by atoms with Gasteiger partial charge in [-0.1, -0.05) is 0 Å². The Morgan fingerprint density at radius 1 is 0.800 bits per heavy atom. The van der Waals surface area contributed by atoms with E-state index in [4.69, 9.17) is 24.7 Å². The van der Waals surface area contributed by atoms with Gasteiger partial charge in [-0.05, 0) is 50.2 Å². The number of benzene rings is 2. The summed E-state index contributed by atoms with van der Waals surface area (Å²) in [7, 11) is 0. The highest BCUT2D eigenvalue weighted by Gasteiger charge is 2.15. The molecule has 1 aromatic heterocycles. The number of fused-ring (bicyclic) bond motifs is 3. The van der Waals surface area contributed by atoms with E-state index in [1.807, 2.05) is 50.2 Å². The summed E-state index contributed by atoms with van der Waals surface area (Å²) in [6.45, 7) is 4.85. The van der Waals surface area contributed by atoms with E-state index in [1.165, 1.54) is 0 Å². The molecular formula is C18H20Cl2N2O3. The van der Waals surface area contributed by atoms with Gasteiger partial charge in [0.05, 0.1) is 24.3 Å². The Hall–Kier alpha value is -2.24. The van der Waals surface area contributed by atoms with Gasteiger partial charge >= 0.3 is 11.8 Å². The van der Waals surface area contributed by atoms with E-state index in [9.17, 15) is 0 Å². The topological polar surface area (TPSA) is 82.8 Å².